The largest absolute Gasteiger partial charge is 0.450 e. The normalized spacial score (nSPS) is 22.1. The molecular weight excluding hydrogens is 202 g/mol. The van der Waals surface area contributed by atoms with Gasteiger partial charge in [0.15, 0.2) is 0 Å². The van der Waals surface area contributed by atoms with E-state index < -0.39 is 0 Å². The highest BCUT2D eigenvalue weighted by Crippen LogP contribution is 2.20. The third-order valence-electron chi connectivity index (χ3n) is 2.19. The van der Waals surface area contributed by atoms with Gasteiger partial charge in [-0.15, -0.1) is 0 Å². The van der Waals surface area contributed by atoms with Gasteiger partial charge < -0.3 is 10.1 Å². The number of nitrogens with one attached hydrogen (secondary N) is 1. The molecule has 0 fully saturated rings. The highest BCUT2D eigenvalue weighted by Gasteiger charge is 2.17. The van der Waals surface area contributed by atoms with Crippen LogP contribution >= 0.6 is 11.6 Å². The lowest BCUT2D eigenvalue weighted by molar-refractivity contribution is 0.149. The summed E-state index contributed by atoms with van der Waals surface area (Å²) < 4.78 is 4.80. The maximum Gasteiger partial charge on any atom is 0.407 e. The standard InChI is InChI=1S/C10H16ClNO2/c1-2-14-10(13)12-9-7-5-3-4-6-8(9)11/h6,9H,2-5,7H2,1H3,(H,12,13). The molecule has 1 rings (SSSR count). The second-order valence-electron chi connectivity index (χ2n) is 3.29. The van der Waals surface area contributed by atoms with Gasteiger partial charge in [0.2, 0.25) is 0 Å². The van der Waals surface area contributed by atoms with Crippen molar-refractivity contribution < 1.29 is 9.53 Å². The Morgan fingerprint density at radius 3 is 3.21 bits per heavy atom. The fraction of sp³-hybridized carbons (Fsp3) is 0.700. The van der Waals surface area contributed by atoms with Crippen LogP contribution in [0.25, 0.3) is 0 Å². The second-order valence-corrected chi connectivity index (χ2v) is 3.73. The smallest absolute Gasteiger partial charge is 0.407 e. The predicted molar refractivity (Wildman–Crippen MR) is 56.3 cm³/mol. The van der Waals surface area contributed by atoms with Crippen molar-refractivity contribution >= 4 is 17.7 Å². The van der Waals surface area contributed by atoms with E-state index in [2.05, 4.69) is 5.32 Å². The van der Waals surface area contributed by atoms with Crippen LogP contribution in [-0.4, -0.2) is 18.7 Å². The molecule has 0 aromatic heterocycles. The molecule has 0 saturated heterocycles. The fourth-order valence-electron chi connectivity index (χ4n) is 1.47. The molecule has 0 spiro atoms. The molecule has 1 N–H and O–H groups in total. The van der Waals surface area contributed by atoms with E-state index in [0.29, 0.717) is 6.61 Å². The van der Waals surface area contributed by atoms with Gasteiger partial charge in [0.1, 0.15) is 0 Å². The highest BCUT2D eigenvalue weighted by molar-refractivity contribution is 6.30. The lowest BCUT2D eigenvalue weighted by Crippen LogP contribution is -2.35. The number of hydrogen-bond donors (Lipinski definition) is 1. The summed E-state index contributed by atoms with van der Waals surface area (Å²) in [5.74, 6) is 0. The van der Waals surface area contributed by atoms with Crippen molar-refractivity contribution in [1.82, 2.24) is 5.32 Å². The summed E-state index contributed by atoms with van der Waals surface area (Å²) in [5.41, 5.74) is 0. The van der Waals surface area contributed by atoms with Crippen LogP contribution in [0.15, 0.2) is 11.1 Å². The van der Waals surface area contributed by atoms with Crippen LogP contribution in [0.2, 0.25) is 0 Å². The maximum absolute atomic E-state index is 11.1. The summed E-state index contributed by atoms with van der Waals surface area (Å²) >= 11 is 6.02. The van der Waals surface area contributed by atoms with E-state index in [-0.39, 0.29) is 12.1 Å². The predicted octanol–water partition coefficient (Wildman–Crippen LogP) is 2.80. The summed E-state index contributed by atoms with van der Waals surface area (Å²) in [4.78, 5) is 11.1. The lowest BCUT2D eigenvalue weighted by atomic mass is 10.1. The van der Waals surface area contributed by atoms with Gasteiger partial charge in [-0.3, -0.25) is 0 Å². The summed E-state index contributed by atoms with van der Waals surface area (Å²) in [7, 11) is 0. The van der Waals surface area contributed by atoms with E-state index in [1.807, 2.05) is 6.08 Å². The van der Waals surface area contributed by atoms with E-state index >= 15 is 0 Å². The molecule has 80 valence electrons. The Bertz CT molecular complexity index is 228. The number of rotatable bonds is 2. The van der Waals surface area contributed by atoms with Crippen LogP contribution in [0.1, 0.15) is 32.6 Å². The molecule has 1 unspecified atom stereocenters. The summed E-state index contributed by atoms with van der Waals surface area (Å²) in [6.07, 6.45) is 5.71. The Morgan fingerprint density at radius 1 is 1.71 bits per heavy atom. The molecule has 1 aliphatic carbocycles. The van der Waals surface area contributed by atoms with Crippen molar-refractivity contribution in [3.63, 3.8) is 0 Å². The quantitative estimate of drug-likeness (QED) is 0.773. The van der Waals surface area contributed by atoms with Gasteiger partial charge in [0.05, 0.1) is 12.6 Å². The Labute approximate surface area is 89.5 Å². The molecule has 1 atom stereocenters. The van der Waals surface area contributed by atoms with Crippen LogP contribution in [0.5, 0.6) is 0 Å². The van der Waals surface area contributed by atoms with Crippen LogP contribution in [0.3, 0.4) is 0 Å². The third-order valence-corrected chi connectivity index (χ3v) is 2.60. The molecular formula is C10H16ClNO2. The maximum atomic E-state index is 11.1. The average molecular weight is 218 g/mol. The number of carbonyl (C=O) groups excluding carboxylic acids is 1. The third kappa shape index (κ3) is 3.58. The van der Waals surface area contributed by atoms with Gasteiger partial charge in [-0.1, -0.05) is 24.1 Å². The molecule has 1 aliphatic rings. The van der Waals surface area contributed by atoms with Crippen molar-refractivity contribution in [2.45, 2.75) is 38.6 Å². The van der Waals surface area contributed by atoms with Crippen LogP contribution in [0.4, 0.5) is 4.79 Å². The Hall–Kier alpha value is -0.700. The molecule has 0 aromatic carbocycles. The number of allylic oxidation sites excluding steroid dienone is 1. The second kappa shape index (κ2) is 5.91. The van der Waals surface area contributed by atoms with Crippen LogP contribution < -0.4 is 5.32 Å². The van der Waals surface area contributed by atoms with Crippen molar-refractivity contribution in [2.75, 3.05) is 6.61 Å². The number of ether oxygens (including phenoxy) is 1. The Morgan fingerprint density at radius 2 is 2.50 bits per heavy atom. The first-order chi connectivity index (χ1) is 6.74. The van der Waals surface area contributed by atoms with Gasteiger partial charge in [-0.2, -0.15) is 0 Å². The minimum atomic E-state index is -0.383. The van der Waals surface area contributed by atoms with Crippen molar-refractivity contribution in [3.8, 4) is 0 Å². The number of amides is 1. The number of hydrogen-bond acceptors (Lipinski definition) is 2. The summed E-state index contributed by atoms with van der Waals surface area (Å²) in [6, 6.07) is -0.0572. The van der Waals surface area contributed by atoms with Crippen LogP contribution in [0, 0.1) is 0 Å². The van der Waals surface area contributed by atoms with E-state index in [4.69, 9.17) is 16.3 Å². The van der Waals surface area contributed by atoms with Gasteiger partial charge in [-0.05, 0) is 26.2 Å². The topological polar surface area (TPSA) is 38.3 Å². The Balaban J connectivity index is 2.44. The van der Waals surface area contributed by atoms with Gasteiger partial charge in [-0.25, -0.2) is 4.79 Å². The van der Waals surface area contributed by atoms with E-state index in [9.17, 15) is 4.79 Å². The number of alkyl carbamates (subject to hydrolysis) is 1. The molecule has 0 aliphatic heterocycles. The SMILES string of the molecule is CCOC(=O)NC1CCCCC=C1Cl. The lowest BCUT2D eigenvalue weighted by Gasteiger charge is -2.15. The average Bonchev–Trinajstić information content (AvgIpc) is 2.33. The molecule has 0 radical (unpaired) electrons. The molecule has 0 heterocycles. The summed E-state index contributed by atoms with van der Waals surface area (Å²) in [6.45, 7) is 2.17. The van der Waals surface area contributed by atoms with Crippen molar-refractivity contribution in [2.24, 2.45) is 0 Å². The van der Waals surface area contributed by atoms with Crippen LogP contribution in [-0.2, 0) is 4.74 Å². The van der Waals surface area contributed by atoms with E-state index in [1.54, 1.807) is 6.92 Å². The zero-order chi connectivity index (χ0) is 10.4. The number of halogens is 1. The monoisotopic (exact) mass is 217 g/mol. The first-order valence-corrected chi connectivity index (χ1v) is 5.40. The fourth-order valence-corrected chi connectivity index (χ4v) is 1.74. The first kappa shape index (κ1) is 11.4. The zero-order valence-corrected chi connectivity index (χ0v) is 9.14. The van der Waals surface area contributed by atoms with Gasteiger partial charge in [0, 0.05) is 5.03 Å². The number of carbonyl (C=O) groups is 1. The molecule has 14 heavy (non-hydrogen) atoms. The molecule has 0 bridgehead atoms. The van der Waals surface area contributed by atoms with E-state index in [0.717, 1.165) is 30.7 Å². The van der Waals surface area contributed by atoms with Crippen molar-refractivity contribution in [3.05, 3.63) is 11.1 Å². The molecule has 1 amide bonds. The molecule has 0 aromatic rings. The minimum absolute atomic E-state index is 0.0572. The Kier molecular flexibility index (Phi) is 4.80. The molecule has 0 saturated carbocycles. The zero-order valence-electron chi connectivity index (χ0n) is 8.38. The summed E-state index contributed by atoms with van der Waals surface area (Å²) in [5, 5.41) is 3.48. The van der Waals surface area contributed by atoms with Crippen molar-refractivity contribution in [1.29, 1.82) is 0 Å². The first-order valence-electron chi connectivity index (χ1n) is 5.03. The van der Waals surface area contributed by atoms with E-state index in [1.165, 1.54) is 0 Å². The minimum Gasteiger partial charge on any atom is -0.450 e. The molecule has 4 heteroatoms. The van der Waals surface area contributed by atoms with Gasteiger partial charge in [0.25, 0.3) is 0 Å². The molecule has 3 nitrogen and oxygen atoms in total. The van der Waals surface area contributed by atoms with Gasteiger partial charge >= 0.3 is 6.09 Å². The highest BCUT2D eigenvalue weighted by atomic mass is 35.5.